The Morgan fingerprint density at radius 2 is 2.31 bits per heavy atom. The highest BCUT2D eigenvalue weighted by Crippen LogP contribution is 2.35. The van der Waals surface area contributed by atoms with Gasteiger partial charge in [0.1, 0.15) is 0 Å². The molecule has 74 valence electrons. The van der Waals surface area contributed by atoms with Gasteiger partial charge < -0.3 is 0 Å². The van der Waals surface area contributed by atoms with Crippen LogP contribution in [0.15, 0.2) is 22.8 Å². The van der Waals surface area contributed by atoms with E-state index in [-0.39, 0.29) is 0 Å². The van der Waals surface area contributed by atoms with E-state index in [2.05, 4.69) is 51.8 Å². The van der Waals surface area contributed by atoms with Crippen molar-refractivity contribution in [3.8, 4) is 0 Å². The average Bonchev–Trinajstić information content (AvgIpc) is 2.16. The second kappa shape index (κ2) is 5.35. The Labute approximate surface area is 97.7 Å². The van der Waals surface area contributed by atoms with Crippen molar-refractivity contribution in [3.63, 3.8) is 0 Å². The molecule has 1 unspecified atom stereocenters. The van der Waals surface area contributed by atoms with Gasteiger partial charge >= 0.3 is 0 Å². The third kappa shape index (κ3) is 2.69. The number of allylic oxidation sites excluding steroid dienone is 4. The molecular formula is C11H16Br2. The molecule has 0 aromatic carbocycles. The van der Waals surface area contributed by atoms with Crippen LogP contribution in [0, 0.1) is 0 Å². The van der Waals surface area contributed by atoms with E-state index < -0.39 is 0 Å². The molecule has 0 bridgehead atoms. The van der Waals surface area contributed by atoms with Gasteiger partial charge in [-0.2, -0.15) is 0 Å². The Hall–Kier alpha value is 0.440. The zero-order valence-corrected chi connectivity index (χ0v) is 11.4. The first-order chi connectivity index (χ1) is 6.20. The maximum atomic E-state index is 3.74. The van der Waals surface area contributed by atoms with Crippen LogP contribution in [-0.2, 0) is 0 Å². The SMILES string of the molecule is CC=C1/C(=C(\C)CBr)CCCC1Br. The minimum absolute atomic E-state index is 0.579. The van der Waals surface area contributed by atoms with Crippen LogP contribution in [0.25, 0.3) is 0 Å². The lowest BCUT2D eigenvalue weighted by molar-refractivity contribution is 0.690. The summed E-state index contributed by atoms with van der Waals surface area (Å²) in [6, 6.07) is 0. The summed E-state index contributed by atoms with van der Waals surface area (Å²) in [5, 5.41) is 0.999. The molecule has 0 spiro atoms. The van der Waals surface area contributed by atoms with E-state index in [9.17, 15) is 0 Å². The number of rotatable bonds is 1. The van der Waals surface area contributed by atoms with Crippen molar-refractivity contribution >= 4 is 31.9 Å². The largest absolute Gasteiger partial charge is 0.0880 e. The summed E-state index contributed by atoms with van der Waals surface area (Å²) in [5.41, 5.74) is 4.55. The molecule has 0 amide bonds. The maximum Gasteiger partial charge on any atom is 0.0394 e. The van der Waals surface area contributed by atoms with Crippen LogP contribution in [0.2, 0.25) is 0 Å². The van der Waals surface area contributed by atoms with Gasteiger partial charge in [0.15, 0.2) is 0 Å². The summed E-state index contributed by atoms with van der Waals surface area (Å²) < 4.78 is 0. The molecule has 2 heteroatoms. The highest BCUT2D eigenvalue weighted by atomic mass is 79.9. The van der Waals surface area contributed by atoms with Gasteiger partial charge in [0.05, 0.1) is 0 Å². The fraction of sp³-hybridized carbons (Fsp3) is 0.636. The van der Waals surface area contributed by atoms with E-state index in [1.54, 1.807) is 5.57 Å². The topological polar surface area (TPSA) is 0 Å². The Kier molecular flexibility index (Phi) is 4.74. The van der Waals surface area contributed by atoms with Gasteiger partial charge in [-0.1, -0.05) is 43.5 Å². The highest BCUT2D eigenvalue weighted by molar-refractivity contribution is 9.09. The predicted octanol–water partition coefficient (Wildman–Crippen LogP) is 4.59. The summed E-state index contributed by atoms with van der Waals surface area (Å²) in [6.07, 6.45) is 6.09. The lowest BCUT2D eigenvalue weighted by Gasteiger charge is -2.25. The average molecular weight is 308 g/mol. The summed E-state index contributed by atoms with van der Waals surface area (Å²) in [5.74, 6) is 0. The van der Waals surface area contributed by atoms with Crippen LogP contribution >= 0.6 is 31.9 Å². The van der Waals surface area contributed by atoms with Gasteiger partial charge in [-0.15, -0.1) is 0 Å². The second-order valence-corrected chi connectivity index (χ2v) is 5.16. The normalized spacial score (nSPS) is 30.8. The monoisotopic (exact) mass is 306 g/mol. The van der Waals surface area contributed by atoms with E-state index in [4.69, 9.17) is 0 Å². The zero-order valence-electron chi connectivity index (χ0n) is 8.24. The first-order valence-corrected chi connectivity index (χ1v) is 6.79. The Balaban J connectivity index is 2.96. The van der Waals surface area contributed by atoms with Gasteiger partial charge in [-0.3, -0.25) is 0 Å². The van der Waals surface area contributed by atoms with Crippen molar-refractivity contribution in [1.82, 2.24) is 0 Å². The fourth-order valence-corrected chi connectivity index (χ4v) is 3.05. The van der Waals surface area contributed by atoms with Gasteiger partial charge in [0.25, 0.3) is 0 Å². The summed E-state index contributed by atoms with van der Waals surface area (Å²) in [6.45, 7) is 4.36. The summed E-state index contributed by atoms with van der Waals surface area (Å²) in [4.78, 5) is 0.579. The molecule has 0 radical (unpaired) electrons. The molecule has 1 rings (SSSR count). The van der Waals surface area contributed by atoms with E-state index in [1.165, 1.54) is 30.4 Å². The number of alkyl halides is 2. The van der Waals surface area contributed by atoms with E-state index in [0.29, 0.717) is 4.83 Å². The molecule has 1 atom stereocenters. The minimum atomic E-state index is 0.579. The second-order valence-electron chi connectivity index (χ2n) is 3.50. The van der Waals surface area contributed by atoms with Gasteiger partial charge in [-0.25, -0.2) is 0 Å². The standard InChI is InChI=1S/C11H16Br2/c1-3-9-10(8(2)7-12)5-4-6-11(9)13/h3,11H,4-7H2,1-2H3/b9-3?,10-8+. The van der Waals surface area contributed by atoms with Crippen molar-refractivity contribution in [3.05, 3.63) is 22.8 Å². The molecule has 1 fully saturated rings. The first kappa shape index (κ1) is 11.5. The van der Waals surface area contributed by atoms with Crippen molar-refractivity contribution in [2.45, 2.75) is 37.9 Å². The van der Waals surface area contributed by atoms with Crippen LogP contribution in [0.1, 0.15) is 33.1 Å². The van der Waals surface area contributed by atoms with Crippen molar-refractivity contribution in [1.29, 1.82) is 0 Å². The summed E-state index contributed by atoms with van der Waals surface area (Å²) in [7, 11) is 0. The molecule has 1 aliphatic carbocycles. The van der Waals surface area contributed by atoms with Gasteiger partial charge in [0.2, 0.25) is 0 Å². The Morgan fingerprint density at radius 1 is 1.62 bits per heavy atom. The maximum absolute atomic E-state index is 3.74. The molecule has 0 saturated heterocycles. The van der Waals surface area contributed by atoms with E-state index >= 15 is 0 Å². The third-order valence-corrected chi connectivity index (χ3v) is 4.39. The molecular weight excluding hydrogens is 292 g/mol. The minimum Gasteiger partial charge on any atom is -0.0880 e. The van der Waals surface area contributed by atoms with Crippen LogP contribution in [0.4, 0.5) is 0 Å². The number of halogens is 2. The molecule has 0 nitrogen and oxygen atoms in total. The molecule has 0 N–H and O–H groups in total. The predicted molar refractivity (Wildman–Crippen MR) is 66.8 cm³/mol. The van der Waals surface area contributed by atoms with Gasteiger partial charge in [0, 0.05) is 10.2 Å². The van der Waals surface area contributed by atoms with E-state index in [0.717, 1.165) is 5.33 Å². The number of hydrogen-bond acceptors (Lipinski definition) is 0. The van der Waals surface area contributed by atoms with Crippen molar-refractivity contribution < 1.29 is 0 Å². The number of hydrogen-bond donors (Lipinski definition) is 0. The van der Waals surface area contributed by atoms with E-state index in [1.807, 2.05) is 0 Å². The smallest absolute Gasteiger partial charge is 0.0394 e. The Bertz CT molecular complexity index is 238. The van der Waals surface area contributed by atoms with Gasteiger partial charge in [-0.05, 0) is 44.3 Å². The molecule has 1 aliphatic rings. The van der Waals surface area contributed by atoms with Crippen molar-refractivity contribution in [2.75, 3.05) is 5.33 Å². The highest BCUT2D eigenvalue weighted by Gasteiger charge is 2.20. The molecule has 0 heterocycles. The quantitative estimate of drug-likeness (QED) is 0.621. The summed E-state index contributed by atoms with van der Waals surface area (Å²) >= 11 is 7.26. The zero-order chi connectivity index (χ0) is 9.84. The molecule has 13 heavy (non-hydrogen) atoms. The first-order valence-electron chi connectivity index (χ1n) is 4.76. The van der Waals surface area contributed by atoms with Crippen LogP contribution < -0.4 is 0 Å². The van der Waals surface area contributed by atoms with Crippen LogP contribution in [-0.4, -0.2) is 10.2 Å². The van der Waals surface area contributed by atoms with Crippen LogP contribution in [0.5, 0.6) is 0 Å². The fourth-order valence-electron chi connectivity index (χ4n) is 1.84. The molecule has 0 aromatic rings. The Morgan fingerprint density at radius 3 is 2.85 bits per heavy atom. The lowest BCUT2D eigenvalue weighted by atomic mass is 9.87. The lowest BCUT2D eigenvalue weighted by Crippen LogP contribution is -2.13. The van der Waals surface area contributed by atoms with Crippen LogP contribution in [0.3, 0.4) is 0 Å². The third-order valence-electron chi connectivity index (χ3n) is 2.60. The molecule has 0 aromatic heterocycles. The molecule has 0 aliphatic heterocycles. The molecule has 1 saturated carbocycles. The van der Waals surface area contributed by atoms with Crippen molar-refractivity contribution in [2.24, 2.45) is 0 Å².